The Labute approximate surface area is 115 Å². The van der Waals surface area contributed by atoms with Crippen LogP contribution in [0.5, 0.6) is 5.75 Å². The lowest BCUT2D eigenvalue weighted by molar-refractivity contribution is 0.374. The van der Waals surface area contributed by atoms with E-state index in [9.17, 15) is 8.42 Å². The van der Waals surface area contributed by atoms with Gasteiger partial charge in [-0.05, 0) is 25.0 Å². The first-order valence-electron chi connectivity index (χ1n) is 6.20. The molecule has 0 bridgehead atoms. The molecule has 0 aromatic heterocycles. The molecule has 108 valence electrons. The number of para-hydroxylation sites is 1. The maximum absolute atomic E-state index is 11.9. The molecule has 0 amide bonds. The molecule has 0 aliphatic rings. The molecule has 1 atom stereocenters. The number of nitrogens with two attached hydrogens (primary N) is 1. The molecule has 0 fully saturated rings. The first kappa shape index (κ1) is 15.9. The van der Waals surface area contributed by atoms with Crippen LogP contribution in [0.1, 0.15) is 12.5 Å². The summed E-state index contributed by atoms with van der Waals surface area (Å²) >= 11 is 0. The number of nitrogens with zero attached hydrogens (tertiary/aromatic N) is 1. The number of benzene rings is 1. The Balaban J connectivity index is 2.82. The lowest BCUT2D eigenvalue weighted by Crippen LogP contribution is -2.39. The average molecular weight is 286 g/mol. The van der Waals surface area contributed by atoms with Gasteiger partial charge < -0.3 is 10.5 Å². The van der Waals surface area contributed by atoms with Crippen molar-refractivity contribution in [3.8, 4) is 5.75 Å². The van der Waals surface area contributed by atoms with E-state index < -0.39 is 10.0 Å². The van der Waals surface area contributed by atoms with Gasteiger partial charge in [0.2, 0.25) is 10.0 Å². The molecule has 0 heterocycles. The molecule has 1 aromatic rings. The van der Waals surface area contributed by atoms with Crippen molar-refractivity contribution in [1.29, 1.82) is 0 Å². The molecular weight excluding hydrogens is 264 g/mol. The van der Waals surface area contributed by atoms with Crippen LogP contribution in [0.3, 0.4) is 0 Å². The van der Waals surface area contributed by atoms with Crippen LogP contribution in [0.25, 0.3) is 0 Å². The van der Waals surface area contributed by atoms with E-state index in [1.165, 1.54) is 4.31 Å². The molecule has 19 heavy (non-hydrogen) atoms. The van der Waals surface area contributed by atoms with Crippen LogP contribution < -0.4 is 10.5 Å². The number of hydrogen-bond donors (Lipinski definition) is 1. The minimum Gasteiger partial charge on any atom is -0.496 e. The van der Waals surface area contributed by atoms with Crippen LogP contribution in [0, 0.1) is 0 Å². The molecular formula is C13H22N2O3S. The third-order valence-electron chi connectivity index (χ3n) is 3.14. The smallest absolute Gasteiger partial charge is 0.215 e. The lowest BCUT2D eigenvalue weighted by atomic mass is 10.1. The third-order valence-corrected chi connectivity index (χ3v) is 5.13. The summed E-state index contributed by atoms with van der Waals surface area (Å²) in [7, 11) is -0.0839. The Morgan fingerprint density at radius 3 is 2.58 bits per heavy atom. The first-order chi connectivity index (χ1) is 8.92. The van der Waals surface area contributed by atoms with Gasteiger partial charge >= 0.3 is 0 Å². The largest absolute Gasteiger partial charge is 0.496 e. The zero-order valence-corrected chi connectivity index (χ0v) is 12.5. The Kier molecular flexibility index (Phi) is 5.78. The highest BCUT2D eigenvalue weighted by Crippen LogP contribution is 2.21. The summed E-state index contributed by atoms with van der Waals surface area (Å²) in [5, 5.41) is 0. The van der Waals surface area contributed by atoms with Crippen molar-refractivity contribution in [3.63, 3.8) is 0 Å². The van der Waals surface area contributed by atoms with Crippen molar-refractivity contribution in [2.45, 2.75) is 19.4 Å². The first-order valence-corrected chi connectivity index (χ1v) is 7.81. The highest BCUT2D eigenvalue weighted by atomic mass is 32.2. The quantitative estimate of drug-likeness (QED) is 0.806. The van der Waals surface area contributed by atoms with Crippen LogP contribution >= 0.6 is 0 Å². The van der Waals surface area contributed by atoms with E-state index in [-0.39, 0.29) is 18.3 Å². The normalized spacial score (nSPS) is 13.5. The second-order valence-electron chi connectivity index (χ2n) is 4.49. The van der Waals surface area contributed by atoms with Gasteiger partial charge in [-0.1, -0.05) is 18.2 Å². The Morgan fingerprint density at radius 2 is 2.00 bits per heavy atom. The number of methoxy groups -OCH3 is 1. The van der Waals surface area contributed by atoms with E-state index in [1.807, 2.05) is 31.2 Å². The van der Waals surface area contributed by atoms with Crippen LogP contribution in [0.2, 0.25) is 0 Å². The fourth-order valence-corrected chi connectivity index (χ4v) is 3.09. The summed E-state index contributed by atoms with van der Waals surface area (Å²) in [6.07, 6.45) is 0.602. The van der Waals surface area contributed by atoms with Gasteiger partial charge in [-0.2, -0.15) is 0 Å². The van der Waals surface area contributed by atoms with E-state index in [1.54, 1.807) is 14.2 Å². The Hall–Kier alpha value is -1.11. The fourth-order valence-electron chi connectivity index (χ4n) is 1.89. The molecule has 1 aromatic carbocycles. The highest BCUT2D eigenvalue weighted by Gasteiger charge is 2.23. The number of rotatable bonds is 7. The summed E-state index contributed by atoms with van der Waals surface area (Å²) in [4.78, 5) is 0. The van der Waals surface area contributed by atoms with Crippen molar-refractivity contribution in [2.75, 3.05) is 26.5 Å². The van der Waals surface area contributed by atoms with E-state index in [0.717, 1.165) is 11.3 Å². The monoisotopic (exact) mass is 286 g/mol. The number of ether oxygens (including phenoxy) is 1. The van der Waals surface area contributed by atoms with E-state index in [2.05, 4.69) is 0 Å². The summed E-state index contributed by atoms with van der Waals surface area (Å²) in [6, 6.07) is 7.48. The van der Waals surface area contributed by atoms with Crippen molar-refractivity contribution in [1.82, 2.24) is 4.31 Å². The van der Waals surface area contributed by atoms with Crippen LogP contribution in [0.15, 0.2) is 24.3 Å². The topological polar surface area (TPSA) is 72.6 Å². The molecule has 1 unspecified atom stereocenters. The molecule has 1 rings (SSSR count). The average Bonchev–Trinajstić information content (AvgIpc) is 2.38. The molecule has 0 aliphatic carbocycles. The molecule has 0 aliphatic heterocycles. The summed E-state index contributed by atoms with van der Waals surface area (Å²) in [5.74, 6) is 0.749. The highest BCUT2D eigenvalue weighted by molar-refractivity contribution is 7.89. The van der Waals surface area contributed by atoms with Gasteiger partial charge in [0, 0.05) is 19.6 Å². The Morgan fingerprint density at radius 1 is 1.37 bits per heavy atom. The van der Waals surface area contributed by atoms with E-state index >= 15 is 0 Å². The van der Waals surface area contributed by atoms with Gasteiger partial charge in [-0.3, -0.25) is 0 Å². The van der Waals surface area contributed by atoms with Gasteiger partial charge in [0.25, 0.3) is 0 Å². The van der Waals surface area contributed by atoms with E-state index in [0.29, 0.717) is 6.42 Å². The van der Waals surface area contributed by atoms with Gasteiger partial charge in [0.15, 0.2) is 0 Å². The predicted molar refractivity (Wildman–Crippen MR) is 76.8 cm³/mol. The molecule has 6 heteroatoms. The fraction of sp³-hybridized carbons (Fsp3) is 0.538. The van der Waals surface area contributed by atoms with Gasteiger partial charge in [0.1, 0.15) is 5.75 Å². The summed E-state index contributed by atoms with van der Waals surface area (Å²) < 4.78 is 30.5. The summed E-state index contributed by atoms with van der Waals surface area (Å²) in [6.45, 7) is 2.01. The zero-order valence-electron chi connectivity index (χ0n) is 11.7. The molecule has 0 saturated heterocycles. The SMILES string of the molecule is COc1ccccc1CC(C)N(C)S(=O)(=O)CCN. The van der Waals surface area contributed by atoms with E-state index in [4.69, 9.17) is 10.5 Å². The van der Waals surface area contributed by atoms with Crippen molar-refractivity contribution < 1.29 is 13.2 Å². The Bertz CT molecular complexity index is 502. The maximum Gasteiger partial charge on any atom is 0.215 e. The molecule has 0 radical (unpaired) electrons. The molecule has 0 spiro atoms. The van der Waals surface area contributed by atoms with Crippen molar-refractivity contribution >= 4 is 10.0 Å². The van der Waals surface area contributed by atoms with Crippen molar-refractivity contribution in [3.05, 3.63) is 29.8 Å². The van der Waals surface area contributed by atoms with Gasteiger partial charge in [0.05, 0.1) is 12.9 Å². The van der Waals surface area contributed by atoms with Crippen LogP contribution in [0.4, 0.5) is 0 Å². The maximum atomic E-state index is 11.9. The second kappa shape index (κ2) is 6.88. The predicted octanol–water partition coefficient (Wildman–Crippen LogP) is 0.846. The number of likely N-dealkylation sites (N-methyl/N-ethyl adjacent to an activating group) is 1. The molecule has 0 saturated carbocycles. The van der Waals surface area contributed by atoms with Crippen LogP contribution in [-0.2, 0) is 16.4 Å². The summed E-state index contributed by atoms with van der Waals surface area (Å²) in [5.41, 5.74) is 6.32. The zero-order chi connectivity index (χ0) is 14.5. The lowest BCUT2D eigenvalue weighted by Gasteiger charge is -2.24. The second-order valence-corrected chi connectivity index (χ2v) is 6.63. The van der Waals surface area contributed by atoms with Gasteiger partial charge in [-0.25, -0.2) is 12.7 Å². The number of hydrogen-bond acceptors (Lipinski definition) is 4. The number of sulfonamides is 1. The minimum atomic E-state index is -3.28. The minimum absolute atomic E-state index is 0.0280. The standard InChI is InChI=1S/C13H22N2O3S/c1-11(15(2)19(16,17)9-8-14)10-12-6-4-5-7-13(12)18-3/h4-7,11H,8-10,14H2,1-3H3. The molecule has 5 nitrogen and oxygen atoms in total. The van der Waals surface area contributed by atoms with Crippen LogP contribution in [-0.4, -0.2) is 45.2 Å². The third kappa shape index (κ3) is 4.19. The molecule has 2 N–H and O–H groups in total. The van der Waals surface area contributed by atoms with Crippen molar-refractivity contribution in [2.24, 2.45) is 5.73 Å². The van der Waals surface area contributed by atoms with Gasteiger partial charge in [-0.15, -0.1) is 0 Å².